The van der Waals surface area contributed by atoms with Gasteiger partial charge in [0.2, 0.25) is 5.91 Å². The van der Waals surface area contributed by atoms with Crippen molar-refractivity contribution in [1.29, 1.82) is 0 Å². The van der Waals surface area contributed by atoms with E-state index < -0.39 is 5.97 Å². The van der Waals surface area contributed by atoms with Crippen LogP contribution in [0.15, 0.2) is 41.3 Å². The normalized spacial score (nSPS) is 14.9. The molecule has 1 amide bonds. The van der Waals surface area contributed by atoms with Crippen molar-refractivity contribution in [2.45, 2.75) is 30.3 Å². The number of nitrogens with zero attached hydrogens (tertiary/aromatic N) is 1. The summed E-state index contributed by atoms with van der Waals surface area (Å²) in [6.45, 7) is 2.59. The minimum Gasteiger partial charge on any atom is -0.496 e. The van der Waals surface area contributed by atoms with Gasteiger partial charge in [-0.1, -0.05) is 29.3 Å². The Hall–Kier alpha value is -1.93. The van der Waals surface area contributed by atoms with Crippen LogP contribution >= 0.6 is 35.0 Å². The van der Waals surface area contributed by atoms with Crippen LogP contribution < -0.4 is 10.1 Å². The molecule has 2 aromatic rings. The second kappa shape index (κ2) is 11.1. The minimum atomic E-state index is -1.02. The average Bonchev–Trinajstić information content (AvgIpc) is 2.76. The van der Waals surface area contributed by atoms with Gasteiger partial charge in [0.15, 0.2) is 0 Å². The largest absolute Gasteiger partial charge is 0.496 e. The van der Waals surface area contributed by atoms with E-state index in [4.69, 9.17) is 33.0 Å². The van der Waals surface area contributed by atoms with Gasteiger partial charge in [0.25, 0.3) is 0 Å². The van der Waals surface area contributed by atoms with Crippen LogP contribution in [-0.4, -0.2) is 53.9 Å². The lowest BCUT2D eigenvalue weighted by atomic mass is 10.0. The van der Waals surface area contributed by atoms with E-state index >= 15 is 0 Å². The van der Waals surface area contributed by atoms with E-state index in [1.165, 1.54) is 31.0 Å². The summed E-state index contributed by atoms with van der Waals surface area (Å²) in [5.74, 6) is -0.365. The fourth-order valence-electron chi connectivity index (χ4n) is 3.46. The number of hydrogen-bond donors (Lipinski definition) is 2. The number of piperidine rings is 1. The number of carboxylic acid groups (broad SMARTS) is 1. The molecule has 1 heterocycles. The van der Waals surface area contributed by atoms with Crippen molar-refractivity contribution in [3.05, 3.63) is 57.6 Å². The van der Waals surface area contributed by atoms with Crippen molar-refractivity contribution >= 4 is 46.8 Å². The van der Waals surface area contributed by atoms with Gasteiger partial charge in [0.05, 0.1) is 28.5 Å². The summed E-state index contributed by atoms with van der Waals surface area (Å²) in [7, 11) is 1.48. The minimum absolute atomic E-state index is 0.0442. The molecule has 166 valence electrons. The quantitative estimate of drug-likeness (QED) is 0.536. The maximum Gasteiger partial charge on any atom is 0.335 e. The van der Waals surface area contributed by atoms with Gasteiger partial charge >= 0.3 is 5.97 Å². The molecule has 0 bridgehead atoms. The molecule has 1 fully saturated rings. The first kappa shape index (κ1) is 23.7. The molecular weight excluding hydrogens is 459 g/mol. The molecule has 1 aliphatic heterocycles. The van der Waals surface area contributed by atoms with Crippen LogP contribution in [0.3, 0.4) is 0 Å². The highest BCUT2D eigenvalue weighted by Crippen LogP contribution is 2.30. The SMILES string of the molecule is COc1cc(C(=O)O)ccc1SCC(=O)NC1CCN(Cc2ccc(Cl)c(Cl)c2)CC1. The van der Waals surface area contributed by atoms with Gasteiger partial charge in [-0.15, -0.1) is 11.8 Å². The molecule has 0 aliphatic carbocycles. The molecule has 0 saturated carbocycles. The molecule has 0 radical (unpaired) electrons. The number of likely N-dealkylation sites (tertiary alicyclic amines) is 1. The molecule has 0 atom stereocenters. The van der Waals surface area contributed by atoms with Crippen LogP contribution in [-0.2, 0) is 11.3 Å². The molecule has 3 rings (SSSR count). The molecular formula is C22H24Cl2N2O4S. The molecule has 1 saturated heterocycles. The van der Waals surface area contributed by atoms with Crippen molar-refractivity contribution < 1.29 is 19.4 Å². The summed E-state index contributed by atoms with van der Waals surface area (Å²) in [4.78, 5) is 26.5. The maximum absolute atomic E-state index is 12.4. The molecule has 0 aromatic heterocycles. The van der Waals surface area contributed by atoms with Gasteiger partial charge < -0.3 is 15.2 Å². The van der Waals surface area contributed by atoms with Crippen LogP contribution in [0.1, 0.15) is 28.8 Å². The van der Waals surface area contributed by atoms with Gasteiger partial charge in [-0.25, -0.2) is 4.79 Å². The number of hydrogen-bond acceptors (Lipinski definition) is 5. The number of halogens is 2. The zero-order chi connectivity index (χ0) is 22.4. The predicted octanol–water partition coefficient (Wildman–Crippen LogP) is 4.57. The molecule has 0 unspecified atom stereocenters. The number of thioether (sulfide) groups is 1. The molecule has 1 aliphatic rings. The maximum atomic E-state index is 12.4. The van der Waals surface area contributed by atoms with Crippen molar-refractivity contribution in [3.8, 4) is 5.75 Å². The summed E-state index contributed by atoms with van der Waals surface area (Å²) < 4.78 is 5.26. The van der Waals surface area contributed by atoms with Crippen molar-refractivity contribution in [2.24, 2.45) is 0 Å². The Bertz CT molecular complexity index is 949. The number of carboxylic acids is 1. The number of aromatic carboxylic acids is 1. The van der Waals surface area contributed by atoms with Crippen molar-refractivity contribution in [3.63, 3.8) is 0 Å². The first-order chi connectivity index (χ1) is 14.9. The van der Waals surface area contributed by atoms with Crippen molar-refractivity contribution in [1.82, 2.24) is 10.2 Å². The summed E-state index contributed by atoms with van der Waals surface area (Å²) in [5.41, 5.74) is 1.27. The number of rotatable bonds is 8. The number of carbonyl (C=O) groups is 2. The number of benzene rings is 2. The van der Waals surface area contributed by atoms with E-state index in [1.54, 1.807) is 6.07 Å². The highest BCUT2D eigenvalue weighted by molar-refractivity contribution is 8.00. The highest BCUT2D eigenvalue weighted by Gasteiger charge is 2.21. The van der Waals surface area contributed by atoms with Crippen LogP contribution in [0, 0.1) is 0 Å². The zero-order valence-electron chi connectivity index (χ0n) is 17.1. The first-order valence-corrected chi connectivity index (χ1v) is 11.6. The number of methoxy groups -OCH3 is 1. The van der Waals surface area contributed by atoms with Gasteiger partial charge in [0, 0.05) is 30.6 Å². The monoisotopic (exact) mass is 482 g/mol. The lowest BCUT2D eigenvalue weighted by molar-refractivity contribution is -0.119. The Morgan fingerprint density at radius 1 is 1.16 bits per heavy atom. The standard InChI is InChI=1S/C22H24Cl2N2O4S/c1-30-19-11-15(22(28)29)3-5-20(19)31-13-21(27)25-16-6-8-26(9-7-16)12-14-2-4-17(23)18(24)10-14/h2-5,10-11,16H,6-9,12-13H2,1H3,(H,25,27)(H,28,29). The van der Waals surface area contributed by atoms with Gasteiger partial charge in [-0.05, 0) is 48.7 Å². The molecule has 31 heavy (non-hydrogen) atoms. The number of carbonyl (C=O) groups excluding carboxylic acids is 1. The van der Waals surface area contributed by atoms with Crippen LogP contribution in [0.25, 0.3) is 0 Å². The molecule has 6 nitrogen and oxygen atoms in total. The Morgan fingerprint density at radius 3 is 2.55 bits per heavy atom. The molecule has 0 spiro atoms. The topological polar surface area (TPSA) is 78.9 Å². The fraction of sp³-hybridized carbons (Fsp3) is 0.364. The Labute approximate surface area is 195 Å². The van der Waals surface area contributed by atoms with E-state index in [-0.39, 0.29) is 23.3 Å². The summed E-state index contributed by atoms with van der Waals surface area (Å²) in [5, 5.41) is 13.3. The Morgan fingerprint density at radius 2 is 1.90 bits per heavy atom. The van der Waals surface area contributed by atoms with Gasteiger partial charge in [-0.2, -0.15) is 0 Å². The molecule has 2 aromatic carbocycles. The Balaban J connectivity index is 1.44. The van der Waals surface area contributed by atoms with Gasteiger partial charge in [0.1, 0.15) is 5.75 Å². The first-order valence-electron chi connectivity index (χ1n) is 9.85. The highest BCUT2D eigenvalue weighted by atomic mass is 35.5. The van der Waals surface area contributed by atoms with Crippen LogP contribution in [0.4, 0.5) is 0 Å². The van der Waals surface area contributed by atoms with E-state index in [9.17, 15) is 9.59 Å². The van der Waals surface area contributed by atoms with E-state index in [0.717, 1.165) is 42.9 Å². The van der Waals surface area contributed by atoms with Gasteiger partial charge in [-0.3, -0.25) is 9.69 Å². The molecule has 9 heteroatoms. The number of ether oxygens (including phenoxy) is 1. The summed E-state index contributed by atoms with van der Waals surface area (Å²) in [6.07, 6.45) is 1.77. The third kappa shape index (κ3) is 6.77. The Kier molecular flexibility index (Phi) is 8.49. The van der Waals surface area contributed by atoms with Crippen LogP contribution in [0.5, 0.6) is 5.75 Å². The van der Waals surface area contributed by atoms with Crippen LogP contribution in [0.2, 0.25) is 10.0 Å². The molecule has 2 N–H and O–H groups in total. The smallest absolute Gasteiger partial charge is 0.335 e. The number of nitrogens with one attached hydrogen (secondary N) is 1. The zero-order valence-corrected chi connectivity index (χ0v) is 19.4. The van der Waals surface area contributed by atoms with E-state index in [0.29, 0.717) is 15.8 Å². The fourth-order valence-corrected chi connectivity index (χ4v) is 4.60. The number of amides is 1. The second-order valence-electron chi connectivity index (χ2n) is 7.33. The lowest BCUT2D eigenvalue weighted by Gasteiger charge is -2.32. The summed E-state index contributed by atoms with van der Waals surface area (Å²) in [6, 6.07) is 10.5. The second-order valence-corrected chi connectivity index (χ2v) is 9.16. The summed E-state index contributed by atoms with van der Waals surface area (Å²) >= 11 is 13.4. The van der Waals surface area contributed by atoms with Crippen molar-refractivity contribution in [2.75, 3.05) is 26.0 Å². The lowest BCUT2D eigenvalue weighted by Crippen LogP contribution is -2.44. The predicted molar refractivity (Wildman–Crippen MR) is 124 cm³/mol. The third-order valence-electron chi connectivity index (χ3n) is 5.11. The van der Waals surface area contributed by atoms with E-state index in [1.807, 2.05) is 18.2 Å². The average molecular weight is 483 g/mol. The van der Waals surface area contributed by atoms with E-state index in [2.05, 4.69) is 10.2 Å². The third-order valence-corrected chi connectivity index (χ3v) is 6.91.